The minimum absolute atomic E-state index is 0.0663. The summed E-state index contributed by atoms with van der Waals surface area (Å²) >= 11 is 3.00. The van der Waals surface area contributed by atoms with Gasteiger partial charge in [-0.2, -0.15) is 0 Å². The number of rotatable bonds is 7. The van der Waals surface area contributed by atoms with E-state index in [1.807, 2.05) is 35.7 Å². The third kappa shape index (κ3) is 5.22. The maximum absolute atomic E-state index is 11.7. The summed E-state index contributed by atoms with van der Waals surface area (Å²) < 4.78 is 0. The van der Waals surface area contributed by atoms with Crippen LogP contribution in [0.2, 0.25) is 0 Å². The first-order valence-corrected chi connectivity index (χ1v) is 8.25. The van der Waals surface area contributed by atoms with E-state index >= 15 is 0 Å². The Hall–Kier alpha value is -1.53. The van der Waals surface area contributed by atoms with Crippen LogP contribution in [0, 0.1) is 0 Å². The molecule has 0 aliphatic carbocycles. The predicted molar refractivity (Wildman–Crippen MR) is 85.0 cm³/mol. The van der Waals surface area contributed by atoms with E-state index in [1.54, 1.807) is 11.8 Å². The maximum atomic E-state index is 11.7. The summed E-state index contributed by atoms with van der Waals surface area (Å²) in [5, 5.41) is 5.48. The summed E-state index contributed by atoms with van der Waals surface area (Å²) in [7, 11) is 0. The van der Waals surface area contributed by atoms with E-state index in [2.05, 4.69) is 10.3 Å². The number of carbonyl (C=O) groups excluding carboxylic acids is 1. The van der Waals surface area contributed by atoms with Gasteiger partial charge >= 0.3 is 0 Å². The van der Waals surface area contributed by atoms with Crippen LogP contribution < -0.4 is 11.1 Å². The van der Waals surface area contributed by atoms with E-state index in [9.17, 15) is 4.79 Å². The maximum Gasteiger partial charge on any atom is 0.230 e. The molecule has 106 valence electrons. The quantitative estimate of drug-likeness (QED) is 0.609. The molecule has 20 heavy (non-hydrogen) atoms. The first kappa shape index (κ1) is 14.9. The Bertz CT molecular complexity index is 542. The number of aromatic nitrogens is 1. The fourth-order valence-electron chi connectivity index (χ4n) is 1.65. The second-order valence-electron chi connectivity index (χ2n) is 4.23. The molecule has 0 saturated carbocycles. The number of hydrogen-bond acceptors (Lipinski definition) is 5. The molecule has 1 amide bonds. The highest BCUT2D eigenvalue weighted by atomic mass is 32.2. The summed E-state index contributed by atoms with van der Waals surface area (Å²) in [6, 6.07) is 9.92. The average molecular weight is 307 g/mol. The van der Waals surface area contributed by atoms with Crippen LogP contribution in [0.15, 0.2) is 40.6 Å². The molecule has 1 heterocycles. The van der Waals surface area contributed by atoms with Gasteiger partial charge in [-0.05, 0) is 25.0 Å². The van der Waals surface area contributed by atoms with Crippen LogP contribution in [-0.4, -0.2) is 23.2 Å². The Morgan fingerprint density at radius 1 is 1.35 bits per heavy atom. The molecule has 3 N–H and O–H groups in total. The van der Waals surface area contributed by atoms with Crippen molar-refractivity contribution in [2.75, 3.05) is 18.0 Å². The molecule has 0 bridgehead atoms. The van der Waals surface area contributed by atoms with Gasteiger partial charge in [0.2, 0.25) is 5.91 Å². The number of carbonyl (C=O) groups is 1. The zero-order chi connectivity index (χ0) is 14.2. The van der Waals surface area contributed by atoms with E-state index < -0.39 is 0 Å². The topological polar surface area (TPSA) is 68.0 Å². The molecule has 0 spiro atoms. The van der Waals surface area contributed by atoms with Crippen molar-refractivity contribution in [3.63, 3.8) is 0 Å². The number of hydrogen-bond donors (Lipinski definition) is 2. The summed E-state index contributed by atoms with van der Waals surface area (Å²) in [6.45, 7) is 0.672. The van der Waals surface area contributed by atoms with Gasteiger partial charge in [0.25, 0.3) is 0 Å². The van der Waals surface area contributed by atoms with Crippen molar-refractivity contribution < 1.29 is 4.79 Å². The molecule has 0 saturated heterocycles. The standard InChI is InChI=1S/C14H17N3OS2/c15-14-17-11(9-20-14)5-4-8-16-13(18)10-19-12-6-2-1-3-7-12/h1-3,6-7,9H,4-5,8,10H2,(H2,15,17)(H,16,18). The lowest BCUT2D eigenvalue weighted by Gasteiger charge is -2.04. The molecule has 1 aromatic carbocycles. The number of nitrogens with one attached hydrogen (secondary N) is 1. The second kappa shape index (κ2) is 7.91. The van der Waals surface area contributed by atoms with Crippen LogP contribution in [0.25, 0.3) is 0 Å². The van der Waals surface area contributed by atoms with Crippen LogP contribution in [0.5, 0.6) is 0 Å². The lowest BCUT2D eigenvalue weighted by molar-refractivity contribution is -0.118. The first-order chi connectivity index (χ1) is 9.74. The van der Waals surface area contributed by atoms with E-state index in [1.165, 1.54) is 11.3 Å². The van der Waals surface area contributed by atoms with Gasteiger partial charge in [0.05, 0.1) is 11.4 Å². The molecule has 0 atom stereocenters. The number of nitrogen functional groups attached to an aromatic ring is 1. The highest BCUT2D eigenvalue weighted by Crippen LogP contribution is 2.16. The van der Waals surface area contributed by atoms with Gasteiger partial charge in [0.1, 0.15) is 0 Å². The number of amides is 1. The average Bonchev–Trinajstić information content (AvgIpc) is 2.88. The fraction of sp³-hybridized carbons (Fsp3) is 0.286. The van der Waals surface area contributed by atoms with Crippen LogP contribution >= 0.6 is 23.1 Å². The summed E-state index contributed by atoms with van der Waals surface area (Å²) in [6.07, 6.45) is 1.73. The zero-order valence-corrected chi connectivity index (χ0v) is 12.7. The fourth-order valence-corrected chi connectivity index (χ4v) is 3.00. The Kier molecular flexibility index (Phi) is 5.88. The van der Waals surface area contributed by atoms with Crippen molar-refractivity contribution in [1.82, 2.24) is 10.3 Å². The number of thiazole rings is 1. The minimum Gasteiger partial charge on any atom is -0.375 e. The van der Waals surface area contributed by atoms with Gasteiger partial charge in [0, 0.05) is 16.8 Å². The number of thioether (sulfide) groups is 1. The summed E-state index contributed by atoms with van der Waals surface area (Å²) in [5.74, 6) is 0.518. The summed E-state index contributed by atoms with van der Waals surface area (Å²) in [5.41, 5.74) is 6.56. The second-order valence-corrected chi connectivity index (χ2v) is 6.17. The monoisotopic (exact) mass is 307 g/mol. The van der Waals surface area contributed by atoms with E-state index in [0.717, 1.165) is 23.4 Å². The lowest BCUT2D eigenvalue weighted by Crippen LogP contribution is -2.26. The third-order valence-electron chi connectivity index (χ3n) is 2.61. The predicted octanol–water partition coefficient (Wildman–Crippen LogP) is 2.57. The van der Waals surface area contributed by atoms with Crippen LogP contribution in [0.1, 0.15) is 12.1 Å². The highest BCUT2D eigenvalue weighted by Gasteiger charge is 2.03. The Balaban J connectivity index is 1.58. The molecule has 1 aromatic heterocycles. The molecule has 0 aliphatic rings. The van der Waals surface area contributed by atoms with Crippen molar-refractivity contribution >= 4 is 34.1 Å². The SMILES string of the molecule is Nc1nc(CCCNC(=O)CSc2ccccc2)cs1. The van der Waals surface area contributed by atoms with E-state index in [-0.39, 0.29) is 5.91 Å². The number of aryl methyl sites for hydroxylation is 1. The van der Waals surface area contributed by atoms with Gasteiger partial charge < -0.3 is 11.1 Å². The van der Waals surface area contributed by atoms with Gasteiger partial charge in [0.15, 0.2) is 5.13 Å². The molecule has 0 fully saturated rings. The molecule has 0 unspecified atom stereocenters. The van der Waals surface area contributed by atoms with Crippen LogP contribution in [-0.2, 0) is 11.2 Å². The van der Waals surface area contributed by atoms with E-state index in [0.29, 0.717) is 17.4 Å². The number of benzene rings is 1. The molecule has 6 heteroatoms. The molecule has 0 radical (unpaired) electrons. The highest BCUT2D eigenvalue weighted by molar-refractivity contribution is 8.00. The van der Waals surface area contributed by atoms with Gasteiger partial charge in [-0.1, -0.05) is 18.2 Å². The van der Waals surface area contributed by atoms with Crippen molar-refractivity contribution in [1.29, 1.82) is 0 Å². The Labute approximate surface area is 126 Å². The Morgan fingerprint density at radius 3 is 2.85 bits per heavy atom. The third-order valence-corrected chi connectivity index (χ3v) is 4.35. The largest absolute Gasteiger partial charge is 0.375 e. The van der Waals surface area contributed by atoms with Crippen molar-refractivity contribution in [2.24, 2.45) is 0 Å². The summed E-state index contributed by atoms with van der Waals surface area (Å²) in [4.78, 5) is 17.0. The molecular weight excluding hydrogens is 290 g/mol. The molecule has 2 rings (SSSR count). The number of anilines is 1. The normalized spacial score (nSPS) is 10.4. The number of nitrogens with zero attached hydrogens (tertiary/aromatic N) is 1. The molecule has 0 aliphatic heterocycles. The van der Waals surface area contributed by atoms with Crippen molar-refractivity contribution in [2.45, 2.75) is 17.7 Å². The van der Waals surface area contributed by atoms with Crippen LogP contribution in [0.3, 0.4) is 0 Å². The first-order valence-electron chi connectivity index (χ1n) is 6.38. The number of nitrogens with two attached hydrogens (primary N) is 1. The van der Waals surface area contributed by atoms with Crippen molar-refractivity contribution in [3.8, 4) is 0 Å². The van der Waals surface area contributed by atoms with Gasteiger partial charge in [-0.25, -0.2) is 4.98 Å². The minimum atomic E-state index is 0.0663. The smallest absolute Gasteiger partial charge is 0.230 e. The van der Waals surface area contributed by atoms with E-state index in [4.69, 9.17) is 5.73 Å². The van der Waals surface area contributed by atoms with Gasteiger partial charge in [-0.15, -0.1) is 23.1 Å². The van der Waals surface area contributed by atoms with Crippen molar-refractivity contribution in [3.05, 3.63) is 41.4 Å². The molecule has 2 aromatic rings. The lowest BCUT2D eigenvalue weighted by atomic mass is 10.2. The Morgan fingerprint density at radius 2 is 2.15 bits per heavy atom. The van der Waals surface area contributed by atoms with Gasteiger partial charge in [-0.3, -0.25) is 4.79 Å². The van der Waals surface area contributed by atoms with Crippen LogP contribution in [0.4, 0.5) is 5.13 Å². The zero-order valence-electron chi connectivity index (χ0n) is 11.0. The molecular formula is C14H17N3OS2. The molecule has 4 nitrogen and oxygen atoms in total.